The van der Waals surface area contributed by atoms with Gasteiger partial charge in [-0.05, 0) is 30.5 Å². The molecular formula is C13H11BrN2OS. The Bertz CT molecular complexity index is 578. The largest absolute Gasteiger partial charge is 0.301 e. The molecule has 1 N–H and O–H groups in total. The van der Waals surface area contributed by atoms with Gasteiger partial charge in [0.2, 0.25) is 5.91 Å². The number of carbonyl (C=O) groups excluding carboxylic acids is 1. The maximum atomic E-state index is 12.3. The van der Waals surface area contributed by atoms with E-state index in [1.165, 1.54) is 11.3 Å². The Morgan fingerprint density at radius 1 is 1.44 bits per heavy atom. The number of amides is 1. The van der Waals surface area contributed by atoms with E-state index in [4.69, 9.17) is 0 Å². The second kappa shape index (κ2) is 4.48. The third kappa shape index (κ3) is 2.08. The number of halogens is 1. The zero-order chi connectivity index (χ0) is 12.6. The molecule has 5 heteroatoms. The van der Waals surface area contributed by atoms with Crippen LogP contribution >= 0.6 is 27.3 Å². The standard InChI is InChI=1S/C13H11BrN2OS/c14-10-3-1-2-9(8-10)13(4-5-13)11(17)16-12-15-6-7-18-12/h1-3,6-8H,4-5H2,(H,15,16,17). The quantitative estimate of drug-likeness (QED) is 0.938. The molecule has 1 aliphatic carbocycles. The first-order valence-electron chi connectivity index (χ1n) is 5.68. The Balaban J connectivity index is 1.85. The summed E-state index contributed by atoms with van der Waals surface area (Å²) in [5.74, 6) is 0.0514. The molecule has 0 unspecified atom stereocenters. The van der Waals surface area contributed by atoms with Gasteiger partial charge in [-0.3, -0.25) is 4.79 Å². The van der Waals surface area contributed by atoms with E-state index >= 15 is 0 Å². The summed E-state index contributed by atoms with van der Waals surface area (Å²) < 4.78 is 1.01. The Morgan fingerprint density at radius 2 is 2.28 bits per heavy atom. The predicted molar refractivity (Wildman–Crippen MR) is 75.8 cm³/mol. The van der Waals surface area contributed by atoms with Gasteiger partial charge in [-0.25, -0.2) is 4.98 Å². The van der Waals surface area contributed by atoms with E-state index in [0.29, 0.717) is 5.13 Å². The van der Waals surface area contributed by atoms with E-state index in [1.807, 2.05) is 29.6 Å². The molecular weight excluding hydrogens is 312 g/mol. The average Bonchev–Trinajstić information content (AvgIpc) is 3.03. The summed E-state index contributed by atoms with van der Waals surface area (Å²) in [6.45, 7) is 0. The van der Waals surface area contributed by atoms with Gasteiger partial charge in [0.1, 0.15) is 0 Å². The number of aromatic nitrogens is 1. The van der Waals surface area contributed by atoms with Crippen LogP contribution < -0.4 is 5.32 Å². The Morgan fingerprint density at radius 3 is 2.89 bits per heavy atom. The summed E-state index contributed by atoms with van der Waals surface area (Å²) in [5.41, 5.74) is 0.723. The van der Waals surface area contributed by atoms with Crippen LogP contribution in [0.5, 0.6) is 0 Å². The second-order valence-corrected chi connectivity index (χ2v) is 6.19. The van der Waals surface area contributed by atoms with Crippen LogP contribution in [0.25, 0.3) is 0 Å². The fourth-order valence-electron chi connectivity index (χ4n) is 2.06. The molecule has 1 fully saturated rings. The fourth-order valence-corrected chi connectivity index (χ4v) is 2.98. The lowest BCUT2D eigenvalue weighted by molar-refractivity contribution is -0.118. The first kappa shape index (κ1) is 11.9. The molecule has 3 rings (SSSR count). The zero-order valence-corrected chi connectivity index (χ0v) is 11.9. The van der Waals surface area contributed by atoms with Crippen molar-refractivity contribution in [1.29, 1.82) is 0 Å². The second-order valence-electron chi connectivity index (χ2n) is 4.38. The van der Waals surface area contributed by atoms with E-state index in [-0.39, 0.29) is 11.3 Å². The predicted octanol–water partition coefficient (Wildman–Crippen LogP) is 3.58. The highest BCUT2D eigenvalue weighted by Gasteiger charge is 2.51. The van der Waals surface area contributed by atoms with Crippen molar-refractivity contribution >= 4 is 38.3 Å². The van der Waals surface area contributed by atoms with Crippen molar-refractivity contribution in [2.24, 2.45) is 0 Å². The van der Waals surface area contributed by atoms with Crippen molar-refractivity contribution in [3.8, 4) is 0 Å². The minimum absolute atomic E-state index is 0.0514. The molecule has 0 spiro atoms. The van der Waals surface area contributed by atoms with Crippen LogP contribution in [0.1, 0.15) is 18.4 Å². The maximum absolute atomic E-state index is 12.3. The average molecular weight is 323 g/mol. The number of nitrogens with one attached hydrogen (secondary N) is 1. The molecule has 0 aliphatic heterocycles. The first-order valence-corrected chi connectivity index (χ1v) is 7.35. The number of nitrogens with zero attached hydrogens (tertiary/aromatic N) is 1. The lowest BCUT2D eigenvalue weighted by atomic mass is 9.95. The van der Waals surface area contributed by atoms with E-state index in [0.717, 1.165) is 22.9 Å². The minimum Gasteiger partial charge on any atom is -0.301 e. The van der Waals surface area contributed by atoms with Crippen LogP contribution in [0.4, 0.5) is 5.13 Å². The molecule has 0 bridgehead atoms. The summed E-state index contributed by atoms with van der Waals surface area (Å²) in [4.78, 5) is 16.4. The number of hydrogen-bond donors (Lipinski definition) is 1. The molecule has 18 heavy (non-hydrogen) atoms. The highest BCUT2D eigenvalue weighted by atomic mass is 79.9. The molecule has 0 saturated heterocycles. The van der Waals surface area contributed by atoms with Crippen LogP contribution in [-0.4, -0.2) is 10.9 Å². The third-order valence-electron chi connectivity index (χ3n) is 3.21. The number of thiazole rings is 1. The van der Waals surface area contributed by atoms with Crippen molar-refractivity contribution in [2.75, 3.05) is 5.32 Å². The van der Waals surface area contributed by atoms with Gasteiger partial charge >= 0.3 is 0 Å². The van der Waals surface area contributed by atoms with E-state index in [2.05, 4.69) is 26.2 Å². The summed E-state index contributed by atoms with van der Waals surface area (Å²) in [6.07, 6.45) is 3.50. The third-order valence-corrected chi connectivity index (χ3v) is 4.40. The van der Waals surface area contributed by atoms with Gasteiger partial charge < -0.3 is 5.32 Å². The zero-order valence-electron chi connectivity index (χ0n) is 9.52. The number of benzene rings is 1. The van der Waals surface area contributed by atoms with Gasteiger partial charge in [0, 0.05) is 16.0 Å². The molecule has 1 aliphatic rings. The Hall–Kier alpha value is -1.20. The van der Waals surface area contributed by atoms with Crippen LogP contribution in [-0.2, 0) is 10.2 Å². The highest BCUT2D eigenvalue weighted by molar-refractivity contribution is 9.10. The maximum Gasteiger partial charge on any atom is 0.236 e. The van der Waals surface area contributed by atoms with Gasteiger partial charge in [-0.1, -0.05) is 28.1 Å². The summed E-state index contributed by atoms with van der Waals surface area (Å²) >= 11 is 4.89. The summed E-state index contributed by atoms with van der Waals surface area (Å²) in [7, 11) is 0. The first-order chi connectivity index (χ1) is 8.71. The number of carbonyl (C=O) groups is 1. The van der Waals surface area contributed by atoms with E-state index < -0.39 is 0 Å². The number of anilines is 1. The van der Waals surface area contributed by atoms with Crippen molar-refractivity contribution in [1.82, 2.24) is 4.98 Å². The Labute approximate surface area is 117 Å². The molecule has 92 valence electrons. The van der Waals surface area contributed by atoms with Gasteiger partial charge in [-0.2, -0.15) is 0 Å². The number of hydrogen-bond acceptors (Lipinski definition) is 3. The smallest absolute Gasteiger partial charge is 0.236 e. The molecule has 0 atom stereocenters. The topological polar surface area (TPSA) is 42.0 Å². The fraction of sp³-hybridized carbons (Fsp3) is 0.231. The van der Waals surface area contributed by atoms with Crippen molar-refractivity contribution in [3.05, 3.63) is 45.9 Å². The molecule has 1 aromatic carbocycles. The molecule has 0 radical (unpaired) electrons. The monoisotopic (exact) mass is 322 g/mol. The number of rotatable bonds is 3. The molecule has 3 nitrogen and oxygen atoms in total. The molecule has 1 heterocycles. The Kier molecular flexibility index (Phi) is 2.95. The van der Waals surface area contributed by atoms with Gasteiger partial charge in [0.15, 0.2) is 5.13 Å². The lowest BCUT2D eigenvalue weighted by Gasteiger charge is -2.14. The summed E-state index contributed by atoms with van der Waals surface area (Å²) in [6, 6.07) is 7.97. The van der Waals surface area contributed by atoms with E-state index in [1.54, 1.807) is 6.20 Å². The van der Waals surface area contributed by atoms with Gasteiger partial charge in [-0.15, -0.1) is 11.3 Å². The van der Waals surface area contributed by atoms with Crippen molar-refractivity contribution < 1.29 is 4.79 Å². The van der Waals surface area contributed by atoms with Gasteiger partial charge in [0.25, 0.3) is 0 Å². The van der Waals surface area contributed by atoms with Crippen molar-refractivity contribution in [2.45, 2.75) is 18.3 Å². The molecule has 1 aromatic heterocycles. The normalized spacial score (nSPS) is 16.3. The van der Waals surface area contributed by atoms with Crippen LogP contribution in [0.2, 0.25) is 0 Å². The van der Waals surface area contributed by atoms with Crippen LogP contribution in [0.3, 0.4) is 0 Å². The van der Waals surface area contributed by atoms with Crippen LogP contribution in [0, 0.1) is 0 Å². The molecule has 2 aromatic rings. The lowest BCUT2D eigenvalue weighted by Crippen LogP contribution is -2.27. The van der Waals surface area contributed by atoms with Crippen LogP contribution in [0.15, 0.2) is 40.3 Å². The SMILES string of the molecule is O=C(Nc1nccs1)C1(c2cccc(Br)c2)CC1. The molecule has 1 saturated carbocycles. The summed E-state index contributed by atoms with van der Waals surface area (Å²) in [5, 5.41) is 5.42. The van der Waals surface area contributed by atoms with Crippen molar-refractivity contribution in [3.63, 3.8) is 0 Å². The molecule has 1 amide bonds. The minimum atomic E-state index is -0.352. The highest BCUT2D eigenvalue weighted by Crippen LogP contribution is 2.49. The van der Waals surface area contributed by atoms with E-state index in [9.17, 15) is 4.79 Å². The van der Waals surface area contributed by atoms with Gasteiger partial charge in [0.05, 0.1) is 5.41 Å².